The van der Waals surface area contributed by atoms with E-state index in [2.05, 4.69) is 34.6 Å². The molecule has 1 aromatic heterocycles. The van der Waals surface area contributed by atoms with Crippen LogP contribution in [0, 0.1) is 0 Å². The van der Waals surface area contributed by atoms with Gasteiger partial charge in [0.25, 0.3) is 0 Å². The van der Waals surface area contributed by atoms with Crippen molar-refractivity contribution in [2.24, 2.45) is 0 Å². The van der Waals surface area contributed by atoms with Crippen molar-refractivity contribution >= 4 is 16.5 Å². The van der Waals surface area contributed by atoms with Gasteiger partial charge in [-0.3, -0.25) is 5.73 Å². The van der Waals surface area contributed by atoms with Crippen molar-refractivity contribution in [1.82, 2.24) is 0 Å². The van der Waals surface area contributed by atoms with Crippen LogP contribution >= 0.6 is 11.3 Å². The number of aromatic amines is 1. The van der Waals surface area contributed by atoms with Crippen LogP contribution in [0.4, 0.5) is 5.13 Å². The van der Waals surface area contributed by atoms with Crippen LogP contribution in [0.15, 0.2) is 29.6 Å². The zero-order valence-electron chi connectivity index (χ0n) is 9.07. The number of rotatable bonds is 1. The van der Waals surface area contributed by atoms with Crippen LogP contribution in [-0.2, 0) is 6.42 Å². The predicted octanol–water partition coefficient (Wildman–Crippen LogP) is 2.61. The first-order valence-corrected chi connectivity index (χ1v) is 6.56. The lowest BCUT2D eigenvalue weighted by atomic mass is 9.81. The molecule has 1 atom stereocenters. The minimum Gasteiger partial charge on any atom is -0.278 e. The summed E-state index contributed by atoms with van der Waals surface area (Å²) in [4.78, 5) is 3.28. The van der Waals surface area contributed by atoms with Crippen LogP contribution in [0.5, 0.6) is 0 Å². The summed E-state index contributed by atoms with van der Waals surface area (Å²) < 4.78 is 0. The first kappa shape index (κ1) is 9.85. The molecule has 1 aliphatic carbocycles. The monoisotopic (exact) mass is 231 g/mol. The summed E-state index contributed by atoms with van der Waals surface area (Å²) in [5, 5.41) is 2.96. The highest BCUT2D eigenvalue weighted by Crippen LogP contribution is 2.35. The van der Waals surface area contributed by atoms with E-state index in [1.54, 1.807) is 11.3 Å². The summed E-state index contributed by atoms with van der Waals surface area (Å²) >= 11 is 1.59. The summed E-state index contributed by atoms with van der Waals surface area (Å²) in [6, 6.07) is 8.76. The summed E-state index contributed by atoms with van der Waals surface area (Å²) in [5.74, 6) is 0.512. The Hall–Kier alpha value is -1.35. The lowest BCUT2D eigenvalue weighted by molar-refractivity contribution is -0.368. The van der Waals surface area contributed by atoms with Gasteiger partial charge in [-0.15, -0.1) is 0 Å². The van der Waals surface area contributed by atoms with E-state index in [4.69, 9.17) is 5.73 Å². The first-order valence-electron chi connectivity index (χ1n) is 5.68. The number of hydrogen-bond donors (Lipinski definition) is 1. The third-order valence-corrected chi connectivity index (χ3v) is 4.05. The molecule has 0 spiro atoms. The zero-order chi connectivity index (χ0) is 11.0. The predicted molar refractivity (Wildman–Crippen MR) is 66.5 cm³/mol. The maximum atomic E-state index is 5.77. The van der Waals surface area contributed by atoms with E-state index < -0.39 is 0 Å². The molecule has 3 N–H and O–H groups in total. The molecule has 16 heavy (non-hydrogen) atoms. The molecule has 0 amide bonds. The first-order chi connectivity index (χ1) is 7.84. The van der Waals surface area contributed by atoms with Gasteiger partial charge in [-0.2, -0.15) is 0 Å². The molecule has 1 heterocycles. The number of nitrogens with two attached hydrogens (primary N) is 1. The molecule has 1 unspecified atom stereocenters. The number of nitrogen functional groups attached to an aromatic ring is 1. The second kappa shape index (κ2) is 3.91. The number of benzene rings is 1. The average Bonchev–Trinajstić information content (AvgIpc) is 2.75. The van der Waals surface area contributed by atoms with E-state index in [1.165, 1.54) is 36.1 Å². The third kappa shape index (κ3) is 1.61. The fourth-order valence-corrected chi connectivity index (χ4v) is 3.23. The molecule has 2 nitrogen and oxygen atoms in total. The molecule has 1 aromatic carbocycles. The lowest BCUT2D eigenvalue weighted by Crippen LogP contribution is -2.19. The minimum atomic E-state index is 0.512. The van der Waals surface area contributed by atoms with Crippen LogP contribution < -0.4 is 10.7 Å². The van der Waals surface area contributed by atoms with E-state index in [0.29, 0.717) is 5.92 Å². The summed E-state index contributed by atoms with van der Waals surface area (Å²) in [6.07, 6.45) is 3.71. The highest BCUT2D eigenvalue weighted by atomic mass is 32.1. The fraction of sp³-hybridized carbons (Fsp3) is 0.308. The lowest BCUT2D eigenvalue weighted by Gasteiger charge is -2.22. The van der Waals surface area contributed by atoms with Gasteiger partial charge < -0.3 is 0 Å². The second-order valence-corrected chi connectivity index (χ2v) is 5.24. The van der Waals surface area contributed by atoms with Crippen molar-refractivity contribution in [2.75, 3.05) is 5.73 Å². The largest absolute Gasteiger partial charge is 0.329 e. The molecule has 3 heteroatoms. The molecule has 0 bridgehead atoms. The number of thiazole rings is 1. The highest BCUT2D eigenvalue weighted by molar-refractivity contribution is 7.13. The molecular weight excluding hydrogens is 216 g/mol. The van der Waals surface area contributed by atoms with Gasteiger partial charge >= 0.3 is 5.13 Å². The number of H-pyrrole nitrogens is 1. The van der Waals surface area contributed by atoms with Crippen LogP contribution in [-0.4, -0.2) is 0 Å². The molecular formula is C13H15N2S+. The van der Waals surface area contributed by atoms with Gasteiger partial charge in [0.15, 0.2) is 0 Å². The van der Waals surface area contributed by atoms with E-state index in [9.17, 15) is 0 Å². The summed E-state index contributed by atoms with van der Waals surface area (Å²) in [5.41, 5.74) is 10.0. The molecule has 0 saturated carbocycles. The van der Waals surface area contributed by atoms with Gasteiger partial charge in [-0.1, -0.05) is 35.6 Å². The minimum absolute atomic E-state index is 0.512. The Balaban J connectivity index is 2.04. The Kier molecular flexibility index (Phi) is 2.40. The number of nitrogens with one attached hydrogen (secondary N) is 1. The van der Waals surface area contributed by atoms with Crippen molar-refractivity contribution in [3.63, 3.8) is 0 Å². The van der Waals surface area contributed by atoms with E-state index in [0.717, 1.165) is 5.13 Å². The fourth-order valence-electron chi connectivity index (χ4n) is 2.57. The van der Waals surface area contributed by atoms with E-state index in [-0.39, 0.29) is 0 Å². The zero-order valence-corrected chi connectivity index (χ0v) is 9.89. The van der Waals surface area contributed by atoms with Crippen LogP contribution in [0.1, 0.15) is 35.6 Å². The Morgan fingerprint density at radius 2 is 2.19 bits per heavy atom. The van der Waals surface area contributed by atoms with Crippen molar-refractivity contribution in [3.05, 3.63) is 46.5 Å². The number of aromatic nitrogens is 1. The number of anilines is 1. The van der Waals surface area contributed by atoms with Crippen LogP contribution in [0.3, 0.4) is 0 Å². The number of aryl methyl sites for hydroxylation is 1. The molecule has 0 saturated heterocycles. The Morgan fingerprint density at radius 3 is 3.00 bits per heavy atom. The Labute approximate surface area is 99.1 Å². The third-order valence-electron chi connectivity index (χ3n) is 3.33. The van der Waals surface area contributed by atoms with Gasteiger partial charge in [0.1, 0.15) is 5.69 Å². The second-order valence-electron chi connectivity index (χ2n) is 4.32. The van der Waals surface area contributed by atoms with Crippen molar-refractivity contribution in [1.29, 1.82) is 0 Å². The maximum absolute atomic E-state index is 5.77. The van der Waals surface area contributed by atoms with Gasteiger partial charge in [0, 0.05) is 11.3 Å². The quantitative estimate of drug-likeness (QED) is 0.805. The SMILES string of the molecule is Nc1[nH+]c(C2CCCc3ccccc32)cs1. The van der Waals surface area contributed by atoms with Crippen molar-refractivity contribution in [3.8, 4) is 0 Å². The summed E-state index contributed by atoms with van der Waals surface area (Å²) in [6.45, 7) is 0. The van der Waals surface area contributed by atoms with Gasteiger partial charge in [-0.05, 0) is 30.4 Å². The van der Waals surface area contributed by atoms with Crippen LogP contribution in [0.2, 0.25) is 0 Å². The summed E-state index contributed by atoms with van der Waals surface area (Å²) in [7, 11) is 0. The van der Waals surface area contributed by atoms with Crippen LogP contribution in [0.25, 0.3) is 0 Å². The average molecular weight is 231 g/mol. The topological polar surface area (TPSA) is 40.2 Å². The molecule has 3 rings (SSSR count). The molecule has 0 fully saturated rings. The van der Waals surface area contributed by atoms with E-state index in [1.807, 2.05) is 0 Å². The maximum Gasteiger partial charge on any atom is 0.329 e. The van der Waals surface area contributed by atoms with E-state index >= 15 is 0 Å². The highest BCUT2D eigenvalue weighted by Gasteiger charge is 2.24. The Morgan fingerprint density at radius 1 is 1.31 bits per heavy atom. The standard InChI is InChI=1S/C13H14N2S/c14-13-15-12(8-16-13)11-7-3-5-9-4-1-2-6-10(9)11/h1-2,4,6,8,11H,3,5,7H2,(H2,14,15)/p+1. The number of fused-ring (bicyclic) bond motifs is 1. The smallest absolute Gasteiger partial charge is 0.278 e. The van der Waals surface area contributed by atoms with Gasteiger partial charge in [0.05, 0.1) is 0 Å². The van der Waals surface area contributed by atoms with Crippen molar-refractivity contribution < 1.29 is 4.98 Å². The number of hydrogen-bond acceptors (Lipinski definition) is 2. The normalized spacial score (nSPS) is 19.4. The molecule has 2 aromatic rings. The molecule has 0 radical (unpaired) electrons. The molecule has 1 aliphatic rings. The molecule has 82 valence electrons. The van der Waals surface area contributed by atoms with Gasteiger partial charge in [-0.25, -0.2) is 4.98 Å². The Bertz CT molecular complexity index is 504. The molecule has 0 aliphatic heterocycles. The van der Waals surface area contributed by atoms with Gasteiger partial charge in [0.2, 0.25) is 0 Å². The van der Waals surface area contributed by atoms with Crippen molar-refractivity contribution in [2.45, 2.75) is 25.2 Å².